The van der Waals surface area contributed by atoms with Crippen molar-refractivity contribution in [1.29, 1.82) is 0 Å². The Morgan fingerprint density at radius 3 is 2.52 bits per heavy atom. The first-order valence-corrected chi connectivity index (χ1v) is 10.0. The van der Waals surface area contributed by atoms with Crippen LogP contribution in [0.4, 0.5) is 14.5 Å². The van der Waals surface area contributed by atoms with Gasteiger partial charge in [-0.15, -0.1) is 0 Å². The minimum atomic E-state index is -0.791. The van der Waals surface area contributed by atoms with Gasteiger partial charge < -0.3 is 20.6 Å². The van der Waals surface area contributed by atoms with Crippen LogP contribution in [-0.4, -0.2) is 43.3 Å². The molecule has 1 saturated heterocycles. The fourth-order valence-electron chi connectivity index (χ4n) is 3.44. The van der Waals surface area contributed by atoms with Gasteiger partial charge in [0.05, 0.1) is 12.6 Å². The zero-order valence-corrected chi connectivity index (χ0v) is 16.6. The summed E-state index contributed by atoms with van der Waals surface area (Å²) in [5.74, 6) is 0.103. The Labute approximate surface area is 170 Å². The summed E-state index contributed by atoms with van der Waals surface area (Å²) in [6, 6.07) is 12.7. The van der Waals surface area contributed by atoms with Gasteiger partial charge in [-0.3, -0.25) is 4.99 Å². The van der Waals surface area contributed by atoms with Crippen molar-refractivity contribution in [1.82, 2.24) is 10.6 Å². The Morgan fingerprint density at radius 1 is 1.14 bits per heavy atom. The van der Waals surface area contributed by atoms with Gasteiger partial charge >= 0.3 is 0 Å². The Hall–Kier alpha value is -2.67. The Balaban J connectivity index is 1.53. The number of hydrogen-bond donors (Lipinski definition) is 3. The maximum Gasteiger partial charge on any atom is 0.191 e. The number of benzene rings is 2. The summed E-state index contributed by atoms with van der Waals surface area (Å²) in [6.45, 7) is 4.54. The van der Waals surface area contributed by atoms with Crippen LogP contribution in [0.15, 0.2) is 53.5 Å². The largest absolute Gasteiger partial charge is 0.386 e. The molecule has 0 radical (unpaired) electrons. The summed E-state index contributed by atoms with van der Waals surface area (Å²) in [5, 5.41) is 16.9. The number of aliphatic hydroxyl groups excluding tert-OH is 1. The number of nitrogens with one attached hydrogen (secondary N) is 2. The molecule has 1 aliphatic rings. The number of aliphatic imine (C=N–C) groups is 1. The third kappa shape index (κ3) is 6.15. The van der Waals surface area contributed by atoms with E-state index in [1.807, 2.05) is 13.0 Å². The van der Waals surface area contributed by atoms with E-state index in [4.69, 9.17) is 0 Å². The lowest BCUT2D eigenvalue weighted by Crippen LogP contribution is -2.48. The maximum atomic E-state index is 13.4. The van der Waals surface area contributed by atoms with Crippen LogP contribution in [0.5, 0.6) is 0 Å². The van der Waals surface area contributed by atoms with Crippen LogP contribution in [-0.2, 0) is 0 Å². The number of piperidine rings is 1. The fourth-order valence-corrected chi connectivity index (χ4v) is 3.44. The van der Waals surface area contributed by atoms with Crippen LogP contribution in [0, 0.1) is 11.6 Å². The van der Waals surface area contributed by atoms with E-state index < -0.39 is 6.10 Å². The summed E-state index contributed by atoms with van der Waals surface area (Å²) in [7, 11) is 0. The molecule has 0 amide bonds. The summed E-state index contributed by atoms with van der Waals surface area (Å²) in [5.41, 5.74) is 1.54. The van der Waals surface area contributed by atoms with Gasteiger partial charge in [-0.1, -0.05) is 18.2 Å². The van der Waals surface area contributed by atoms with Crippen LogP contribution in [0.2, 0.25) is 0 Å². The van der Waals surface area contributed by atoms with Gasteiger partial charge in [-0.2, -0.15) is 0 Å². The van der Waals surface area contributed by atoms with Crippen LogP contribution >= 0.6 is 0 Å². The van der Waals surface area contributed by atoms with Gasteiger partial charge in [-0.05, 0) is 55.7 Å². The second kappa shape index (κ2) is 10.2. The standard InChI is InChI=1S/C22H28F2N4O/c1-2-25-22(26-15-21(29)16-6-8-17(23)9-7-16)27-19-10-12-28(13-11-19)20-5-3-4-18(24)14-20/h3-9,14,19,21,29H,2,10-13,15H2,1H3,(H2,25,26,27). The molecular formula is C22H28F2N4O. The number of rotatable bonds is 6. The van der Waals surface area contributed by atoms with E-state index in [0.29, 0.717) is 18.1 Å². The number of halogens is 2. The predicted octanol–water partition coefficient (Wildman–Crippen LogP) is 3.22. The molecule has 7 heteroatoms. The minimum absolute atomic E-state index is 0.184. The van der Waals surface area contributed by atoms with Crippen molar-refractivity contribution in [3.8, 4) is 0 Å². The number of guanidine groups is 1. The van der Waals surface area contributed by atoms with Crippen molar-refractivity contribution in [2.45, 2.75) is 31.9 Å². The van der Waals surface area contributed by atoms with E-state index in [1.165, 1.54) is 18.2 Å². The third-order valence-electron chi connectivity index (χ3n) is 5.03. The summed E-state index contributed by atoms with van der Waals surface area (Å²) in [4.78, 5) is 6.67. The molecule has 1 unspecified atom stereocenters. The molecule has 3 N–H and O–H groups in total. The van der Waals surface area contributed by atoms with Gasteiger partial charge in [0, 0.05) is 31.4 Å². The molecular weight excluding hydrogens is 374 g/mol. The molecule has 1 atom stereocenters. The van der Waals surface area contributed by atoms with Crippen LogP contribution in [0.25, 0.3) is 0 Å². The molecule has 156 valence electrons. The molecule has 1 heterocycles. The van der Waals surface area contributed by atoms with Crippen molar-refractivity contribution in [3.63, 3.8) is 0 Å². The van der Waals surface area contributed by atoms with Crippen molar-refractivity contribution < 1.29 is 13.9 Å². The highest BCUT2D eigenvalue weighted by Gasteiger charge is 2.20. The molecule has 5 nitrogen and oxygen atoms in total. The van der Waals surface area contributed by atoms with Crippen LogP contribution < -0.4 is 15.5 Å². The first kappa shape index (κ1) is 21.0. The van der Waals surface area contributed by atoms with Crippen LogP contribution in [0.1, 0.15) is 31.4 Å². The lowest BCUT2D eigenvalue weighted by molar-refractivity contribution is 0.187. The lowest BCUT2D eigenvalue weighted by Gasteiger charge is -2.34. The maximum absolute atomic E-state index is 13.4. The van der Waals surface area contributed by atoms with Gasteiger partial charge in [0.2, 0.25) is 0 Å². The van der Waals surface area contributed by atoms with Gasteiger partial charge in [0.25, 0.3) is 0 Å². The molecule has 2 aromatic carbocycles. The Kier molecular flexibility index (Phi) is 7.41. The molecule has 1 aliphatic heterocycles. The highest BCUT2D eigenvalue weighted by atomic mass is 19.1. The summed E-state index contributed by atoms with van der Waals surface area (Å²) < 4.78 is 26.5. The monoisotopic (exact) mass is 402 g/mol. The quantitative estimate of drug-likeness (QED) is 0.513. The Bertz CT molecular complexity index is 805. The highest BCUT2D eigenvalue weighted by Crippen LogP contribution is 2.21. The zero-order valence-electron chi connectivity index (χ0n) is 16.6. The predicted molar refractivity (Wildman–Crippen MR) is 112 cm³/mol. The van der Waals surface area contributed by atoms with Crippen LogP contribution in [0.3, 0.4) is 0 Å². The number of aliphatic hydroxyl groups is 1. The van der Waals surface area contributed by atoms with Gasteiger partial charge in [0.15, 0.2) is 5.96 Å². The first-order valence-electron chi connectivity index (χ1n) is 10.0. The summed E-state index contributed by atoms with van der Waals surface area (Å²) in [6.07, 6.45) is 1.02. The zero-order chi connectivity index (χ0) is 20.6. The van der Waals surface area contributed by atoms with E-state index >= 15 is 0 Å². The van der Waals surface area contributed by atoms with Gasteiger partial charge in [-0.25, -0.2) is 8.78 Å². The molecule has 0 aliphatic carbocycles. The molecule has 0 spiro atoms. The molecule has 1 fully saturated rings. The average molecular weight is 402 g/mol. The molecule has 0 saturated carbocycles. The second-order valence-corrected chi connectivity index (χ2v) is 7.17. The number of nitrogens with zero attached hydrogens (tertiary/aromatic N) is 2. The molecule has 0 bridgehead atoms. The van der Waals surface area contributed by atoms with Crippen molar-refractivity contribution in [3.05, 3.63) is 65.7 Å². The average Bonchev–Trinajstić information content (AvgIpc) is 2.73. The Morgan fingerprint density at radius 2 is 1.86 bits per heavy atom. The molecule has 3 rings (SSSR count). The smallest absolute Gasteiger partial charge is 0.191 e. The third-order valence-corrected chi connectivity index (χ3v) is 5.03. The molecule has 2 aromatic rings. The van der Waals surface area contributed by atoms with E-state index in [2.05, 4.69) is 20.5 Å². The van der Waals surface area contributed by atoms with Gasteiger partial charge in [0.1, 0.15) is 11.6 Å². The lowest BCUT2D eigenvalue weighted by atomic mass is 10.0. The van der Waals surface area contributed by atoms with Crippen molar-refractivity contribution in [2.75, 3.05) is 31.1 Å². The van der Waals surface area contributed by atoms with E-state index in [0.717, 1.165) is 31.6 Å². The van der Waals surface area contributed by atoms with E-state index in [9.17, 15) is 13.9 Å². The van der Waals surface area contributed by atoms with Crippen molar-refractivity contribution in [2.24, 2.45) is 4.99 Å². The minimum Gasteiger partial charge on any atom is -0.386 e. The van der Waals surface area contributed by atoms with E-state index in [1.54, 1.807) is 24.3 Å². The highest BCUT2D eigenvalue weighted by molar-refractivity contribution is 5.80. The number of anilines is 1. The molecule has 29 heavy (non-hydrogen) atoms. The fraction of sp³-hybridized carbons (Fsp3) is 0.409. The topological polar surface area (TPSA) is 59.9 Å². The number of hydrogen-bond acceptors (Lipinski definition) is 3. The second-order valence-electron chi connectivity index (χ2n) is 7.17. The molecule has 0 aromatic heterocycles. The van der Waals surface area contributed by atoms with E-state index in [-0.39, 0.29) is 24.2 Å². The van der Waals surface area contributed by atoms with Crippen molar-refractivity contribution >= 4 is 11.6 Å². The normalized spacial score (nSPS) is 16.6. The summed E-state index contributed by atoms with van der Waals surface area (Å²) >= 11 is 0. The SMILES string of the molecule is CCNC(=NCC(O)c1ccc(F)cc1)NC1CCN(c2cccc(F)c2)CC1. The first-order chi connectivity index (χ1) is 14.0.